The van der Waals surface area contributed by atoms with E-state index in [1.807, 2.05) is 24.3 Å². The molecule has 0 radical (unpaired) electrons. The summed E-state index contributed by atoms with van der Waals surface area (Å²) in [5.74, 6) is 0.0448. The fraction of sp³-hybridized carbons (Fsp3) is 0.316. The predicted molar refractivity (Wildman–Crippen MR) is 99.6 cm³/mol. The van der Waals surface area contributed by atoms with Crippen LogP contribution < -0.4 is 14.8 Å². The normalized spacial score (nSPS) is 18.4. The van der Waals surface area contributed by atoms with Gasteiger partial charge in [0.15, 0.2) is 11.5 Å². The fourth-order valence-corrected chi connectivity index (χ4v) is 3.36. The van der Waals surface area contributed by atoms with Crippen molar-refractivity contribution >= 4 is 18.4 Å². The number of carboxylic acids is 1. The van der Waals surface area contributed by atoms with E-state index in [1.165, 1.54) is 7.11 Å². The van der Waals surface area contributed by atoms with Crippen molar-refractivity contribution in [3.05, 3.63) is 53.1 Å². The number of halogens is 1. The van der Waals surface area contributed by atoms with Crippen LogP contribution in [0.5, 0.6) is 17.2 Å². The van der Waals surface area contributed by atoms with E-state index in [-0.39, 0.29) is 30.3 Å². The smallest absolute Gasteiger partial charge is 0.328 e. The van der Waals surface area contributed by atoms with Crippen molar-refractivity contribution in [3.8, 4) is 17.2 Å². The van der Waals surface area contributed by atoms with Crippen LogP contribution in [0.25, 0.3) is 0 Å². The van der Waals surface area contributed by atoms with E-state index in [2.05, 4.69) is 5.32 Å². The fourth-order valence-electron chi connectivity index (χ4n) is 3.36. The van der Waals surface area contributed by atoms with Crippen LogP contribution in [-0.2, 0) is 23.2 Å². The maximum absolute atomic E-state index is 12.3. The van der Waals surface area contributed by atoms with Gasteiger partial charge >= 0.3 is 5.97 Å². The highest BCUT2D eigenvalue weighted by Crippen LogP contribution is 2.39. The Morgan fingerprint density at radius 3 is 2.46 bits per heavy atom. The van der Waals surface area contributed by atoms with E-state index < -0.39 is 11.5 Å². The molecule has 7 heteroatoms. The van der Waals surface area contributed by atoms with Gasteiger partial charge in [-0.05, 0) is 47.4 Å². The van der Waals surface area contributed by atoms with Crippen molar-refractivity contribution in [2.45, 2.75) is 18.4 Å². The second kappa shape index (κ2) is 7.85. The highest BCUT2D eigenvalue weighted by atomic mass is 35.5. The number of methoxy groups -OCH3 is 2. The number of carboxylic acid groups (broad SMARTS) is 1. The van der Waals surface area contributed by atoms with E-state index in [9.17, 15) is 15.0 Å². The van der Waals surface area contributed by atoms with E-state index in [0.717, 1.165) is 16.9 Å². The van der Waals surface area contributed by atoms with Crippen LogP contribution in [0.4, 0.5) is 0 Å². The van der Waals surface area contributed by atoms with Gasteiger partial charge in [-0.1, -0.05) is 12.1 Å². The Bertz CT molecular complexity index is 793. The lowest BCUT2D eigenvalue weighted by Crippen LogP contribution is -2.54. The number of phenols is 1. The third-order valence-corrected chi connectivity index (χ3v) is 4.68. The molecule has 0 aliphatic carbocycles. The van der Waals surface area contributed by atoms with Crippen LogP contribution in [0.15, 0.2) is 36.4 Å². The largest absolute Gasteiger partial charge is 0.504 e. The van der Waals surface area contributed by atoms with Crippen LogP contribution in [0.2, 0.25) is 0 Å². The zero-order valence-corrected chi connectivity index (χ0v) is 15.4. The molecule has 0 aromatic heterocycles. The van der Waals surface area contributed by atoms with Crippen molar-refractivity contribution in [1.29, 1.82) is 0 Å². The molecule has 0 amide bonds. The lowest BCUT2D eigenvalue weighted by Gasteiger charge is -2.37. The Labute approximate surface area is 158 Å². The molecule has 0 spiro atoms. The quantitative estimate of drug-likeness (QED) is 0.739. The molecule has 6 nitrogen and oxygen atoms in total. The summed E-state index contributed by atoms with van der Waals surface area (Å²) in [6.45, 7) is 0.515. The lowest BCUT2D eigenvalue weighted by atomic mass is 9.78. The summed E-state index contributed by atoms with van der Waals surface area (Å²) in [7, 11) is 3.04. The number of aliphatic carboxylic acids is 1. The molecule has 0 saturated carbocycles. The number of nitrogens with one attached hydrogen (secondary N) is 1. The minimum absolute atomic E-state index is 0. The molecule has 1 aliphatic rings. The number of carbonyl (C=O) groups is 1. The highest BCUT2D eigenvalue weighted by Gasteiger charge is 2.44. The molecule has 2 aromatic carbocycles. The number of aromatic hydroxyl groups is 1. The lowest BCUT2D eigenvalue weighted by molar-refractivity contribution is -0.145. The maximum Gasteiger partial charge on any atom is 0.328 e. The first-order valence-electron chi connectivity index (χ1n) is 8.02. The summed E-state index contributed by atoms with van der Waals surface area (Å²) in [5, 5.41) is 23.2. The summed E-state index contributed by atoms with van der Waals surface area (Å²) in [6.07, 6.45) is 0.914. The summed E-state index contributed by atoms with van der Waals surface area (Å²) in [6, 6.07) is 10.6. The molecule has 26 heavy (non-hydrogen) atoms. The molecule has 1 heterocycles. The SMILES string of the molecule is COc1ccc(CC2(C(=O)O)NCCc3cc(O)c(OC)cc32)cc1.Cl. The van der Waals surface area contributed by atoms with Gasteiger partial charge in [0.2, 0.25) is 0 Å². The molecular formula is C19H22ClNO5. The zero-order chi connectivity index (χ0) is 18.0. The van der Waals surface area contributed by atoms with E-state index in [1.54, 1.807) is 19.2 Å². The van der Waals surface area contributed by atoms with Crippen LogP contribution in [0, 0.1) is 0 Å². The van der Waals surface area contributed by atoms with Gasteiger partial charge < -0.3 is 19.7 Å². The number of fused-ring (bicyclic) bond motifs is 1. The van der Waals surface area contributed by atoms with Crippen LogP contribution in [-0.4, -0.2) is 36.9 Å². The van der Waals surface area contributed by atoms with Gasteiger partial charge in [-0.15, -0.1) is 12.4 Å². The van der Waals surface area contributed by atoms with Gasteiger partial charge in [0, 0.05) is 13.0 Å². The highest BCUT2D eigenvalue weighted by molar-refractivity contribution is 5.85. The van der Waals surface area contributed by atoms with Crippen molar-refractivity contribution < 1.29 is 24.5 Å². The maximum atomic E-state index is 12.3. The van der Waals surface area contributed by atoms with Crippen molar-refractivity contribution in [1.82, 2.24) is 5.32 Å². The van der Waals surface area contributed by atoms with Gasteiger partial charge in [0.1, 0.15) is 11.3 Å². The van der Waals surface area contributed by atoms with E-state index in [0.29, 0.717) is 18.5 Å². The minimum Gasteiger partial charge on any atom is -0.504 e. The van der Waals surface area contributed by atoms with Gasteiger partial charge in [0.05, 0.1) is 14.2 Å². The van der Waals surface area contributed by atoms with Crippen molar-refractivity contribution in [2.24, 2.45) is 0 Å². The van der Waals surface area contributed by atoms with Crippen LogP contribution in [0.1, 0.15) is 16.7 Å². The number of phenolic OH excluding ortho intramolecular Hbond substituents is 1. The average molecular weight is 380 g/mol. The topological polar surface area (TPSA) is 88.0 Å². The molecule has 2 aromatic rings. The van der Waals surface area contributed by atoms with E-state index >= 15 is 0 Å². The second-order valence-electron chi connectivity index (χ2n) is 6.09. The number of rotatable bonds is 5. The first kappa shape index (κ1) is 19.9. The first-order valence-corrected chi connectivity index (χ1v) is 8.02. The molecule has 3 N–H and O–H groups in total. The average Bonchev–Trinajstić information content (AvgIpc) is 2.61. The zero-order valence-electron chi connectivity index (χ0n) is 14.6. The number of hydrogen-bond donors (Lipinski definition) is 3. The van der Waals surface area contributed by atoms with E-state index in [4.69, 9.17) is 9.47 Å². The minimum atomic E-state index is -1.27. The Hall–Kier alpha value is -2.44. The van der Waals surface area contributed by atoms with Gasteiger partial charge in [-0.25, -0.2) is 4.79 Å². The molecule has 0 bridgehead atoms. The molecule has 3 rings (SSSR count). The summed E-state index contributed by atoms with van der Waals surface area (Å²) < 4.78 is 10.3. The molecule has 0 fully saturated rings. The van der Waals surface area contributed by atoms with Crippen molar-refractivity contribution in [3.63, 3.8) is 0 Å². The first-order chi connectivity index (χ1) is 12.0. The van der Waals surface area contributed by atoms with Crippen molar-refractivity contribution in [2.75, 3.05) is 20.8 Å². The molecule has 140 valence electrons. The molecule has 1 aliphatic heterocycles. The second-order valence-corrected chi connectivity index (χ2v) is 6.09. The monoisotopic (exact) mass is 379 g/mol. The van der Waals surface area contributed by atoms with Crippen LogP contribution >= 0.6 is 12.4 Å². The third kappa shape index (κ3) is 3.43. The van der Waals surface area contributed by atoms with Crippen LogP contribution in [0.3, 0.4) is 0 Å². The summed E-state index contributed by atoms with van der Waals surface area (Å²) in [4.78, 5) is 12.3. The number of ether oxygens (including phenoxy) is 2. The summed E-state index contributed by atoms with van der Waals surface area (Å²) in [5.41, 5.74) is 1.03. The Morgan fingerprint density at radius 1 is 1.19 bits per heavy atom. The molecule has 0 saturated heterocycles. The van der Waals surface area contributed by atoms with Gasteiger partial charge in [0.25, 0.3) is 0 Å². The number of benzene rings is 2. The summed E-state index contributed by atoms with van der Waals surface area (Å²) >= 11 is 0. The third-order valence-electron chi connectivity index (χ3n) is 4.68. The molecule has 1 unspecified atom stereocenters. The van der Waals surface area contributed by atoms with Gasteiger partial charge in [-0.3, -0.25) is 5.32 Å². The molecular weight excluding hydrogens is 358 g/mol. The molecule has 1 atom stereocenters. The Kier molecular flexibility index (Phi) is 6.00. The Balaban J connectivity index is 0.00000243. The standard InChI is InChI=1S/C19H21NO5.ClH/c1-24-14-5-3-12(4-6-14)11-19(18(22)23)15-10-17(25-2)16(21)9-13(15)7-8-20-19;/h3-6,9-10,20-21H,7-8,11H2,1-2H3,(H,22,23);1H. The Morgan fingerprint density at radius 2 is 1.88 bits per heavy atom. The van der Waals surface area contributed by atoms with Gasteiger partial charge in [-0.2, -0.15) is 0 Å². The predicted octanol–water partition coefficient (Wildman–Crippen LogP) is 2.50. The number of hydrogen-bond acceptors (Lipinski definition) is 5.